The van der Waals surface area contributed by atoms with Gasteiger partial charge in [-0.15, -0.1) is 0 Å². The van der Waals surface area contributed by atoms with Crippen LogP contribution in [0, 0.1) is 0 Å². The van der Waals surface area contributed by atoms with Gasteiger partial charge in [-0.25, -0.2) is 4.98 Å². The van der Waals surface area contributed by atoms with Crippen molar-refractivity contribution in [3.8, 4) is 0 Å². The SMILES string of the molecule is OCCN1CCN(c2ncc(Cl)cc2C(F)(F)F)CC1. The van der Waals surface area contributed by atoms with Crippen molar-refractivity contribution in [3.63, 3.8) is 0 Å². The maximum absolute atomic E-state index is 13.0. The third-order valence-corrected chi connectivity index (χ3v) is 3.43. The molecule has 112 valence electrons. The van der Waals surface area contributed by atoms with E-state index in [4.69, 9.17) is 16.7 Å². The summed E-state index contributed by atoms with van der Waals surface area (Å²) in [5, 5.41) is 8.82. The lowest BCUT2D eigenvalue weighted by Gasteiger charge is -2.36. The Morgan fingerprint density at radius 3 is 2.45 bits per heavy atom. The van der Waals surface area contributed by atoms with Crippen LogP contribution in [0.2, 0.25) is 5.02 Å². The van der Waals surface area contributed by atoms with Gasteiger partial charge in [0.05, 0.1) is 17.2 Å². The number of pyridine rings is 1. The van der Waals surface area contributed by atoms with Gasteiger partial charge in [0, 0.05) is 38.9 Å². The number of rotatable bonds is 3. The highest BCUT2D eigenvalue weighted by Crippen LogP contribution is 2.37. The summed E-state index contributed by atoms with van der Waals surface area (Å²) in [6.45, 7) is 2.67. The van der Waals surface area contributed by atoms with Gasteiger partial charge in [-0.3, -0.25) is 4.90 Å². The Bertz CT molecular complexity index is 462. The summed E-state index contributed by atoms with van der Waals surface area (Å²) >= 11 is 5.61. The second-order valence-electron chi connectivity index (χ2n) is 4.57. The van der Waals surface area contributed by atoms with Gasteiger partial charge in [-0.05, 0) is 6.07 Å². The molecule has 1 aliphatic heterocycles. The lowest BCUT2D eigenvalue weighted by atomic mass is 10.2. The molecule has 1 N–H and O–H groups in total. The van der Waals surface area contributed by atoms with Gasteiger partial charge in [-0.2, -0.15) is 13.2 Å². The maximum atomic E-state index is 13.0. The fourth-order valence-corrected chi connectivity index (χ4v) is 2.38. The van der Waals surface area contributed by atoms with Crippen LogP contribution in [0.25, 0.3) is 0 Å². The maximum Gasteiger partial charge on any atom is 0.420 e. The smallest absolute Gasteiger partial charge is 0.395 e. The molecule has 0 unspecified atom stereocenters. The number of aromatic nitrogens is 1. The van der Waals surface area contributed by atoms with Crippen molar-refractivity contribution in [1.82, 2.24) is 9.88 Å². The zero-order valence-corrected chi connectivity index (χ0v) is 11.5. The summed E-state index contributed by atoms with van der Waals surface area (Å²) in [7, 11) is 0. The molecule has 1 saturated heterocycles. The molecule has 2 rings (SSSR count). The first-order chi connectivity index (χ1) is 9.41. The minimum Gasteiger partial charge on any atom is -0.395 e. The molecule has 8 heteroatoms. The molecule has 4 nitrogen and oxygen atoms in total. The predicted molar refractivity (Wildman–Crippen MR) is 70.0 cm³/mol. The van der Waals surface area contributed by atoms with Crippen molar-refractivity contribution in [3.05, 3.63) is 22.8 Å². The quantitative estimate of drug-likeness (QED) is 0.925. The van der Waals surface area contributed by atoms with Crippen LogP contribution >= 0.6 is 11.6 Å². The lowest BCUT2D eigenvalue weighted by Crippen LogP contribution is -2.48. The Hall–Kier alpha value is -1.05. The average molecular weight is 310 g/mol. The van der Waals surface area contributed by atoms with Gasteiger partial charge < -0.3 is 10.0 Å². The van der Waals surface area contributed by atoms with Gasteiger partial charge in [0.2, 0.25) is 0 Å². The van der Waals surface area contributed by atoms with E-state index in [2.05, 4.69) is 4.98 Å². The van der Waals surface area contributed by atoms with Gasteiger partial charge in [-0.1, -0.05) is 11.6 Å². The molecule has 0 aromatic carbocycles. The molecule has 0 aliphatic carbocycles. The first-order valence-electron chi connectivity index (χ1n) is 6.22. The summed E-state index contributed by atoms with van der Waals surface area (Å²) in [4.78, 5) is 7.45. The summed E-state index contributed by atoms with van der Waals surface area (Å²) < 4.78 is 39.0. The summed E-state index contributed by atoms with van der Waals surface area (Å²) in [5.41, 5.74) is -0.805. The minimum atomic E-state index is -4.48. The fourth-order valence-electron chi connectivity index (χ4n) is 2.22. The summed E-state index contributed by atoms with van der Waals surface area (Å²) in [6, 6.07) is 0.907. The van der Waals surface area contributed by atoms with Crippen molar-refractivity contribution in [2.45, 2.75) is 6.18 Å². The van der Waals surface area contributed by atoms with Crippen LogP contribution in [0.3, 0.4) is 0 Å². The number of nitrogens with zero attached hydrogens (tertiary/aromatic N) is 3. The van der Waals surface area contributed by atoms with Crippen molar-refractivity contribution in [2.75, 3.05) is 44.2 Å². The first-order valence-corrected chi connectivity index (χ1v) is 6.60. The standard InChI is InChI=1S/C12H15ClF3N3O/c13-9-7-10(12(14,15)16)11(17-8-9)19-3-1-18(2-4-19)5-6-20/h7-8,20H,1-6H2. The van der Waals surface area contributed by atoms with Crippen molar-refractivity contribution < 1.29 is 18.3 Å². The first kappa shape index (κ1) is 15.3. The second kappa shape index (κ2) is 6.15. The second-order valence-corrected chi connectivity index (χ2v) is 5.01. The highest BCUT2D eigenvalue weighted by Gasteiger charge is 2.36. The van der Waals surface area contributed by atoms with E-state index in [0.717, 1.165) is 6.07 Å². The van der Waals surface area contributed by atoms with Gasteiger partial charge >= 0.3 is 6.18 Å². The van der Waals surface area contributed by atoms with Gasteiger partial charge in [0.25, 0.3) is 0 Å². The number of alkyl halides is 3. The van der Waals surface area contributed by atoms with Crippen LogP contribution in [0.15, 0.2) is 12.3 Å². The highest BCUT2D eigenvalue weighted by atomic mass is 35.5. The molecule has 1 aromatic rings. The van der Waals surface area contributed by atoms with E-state index < -0.39 is 11.7 Å². The van der Waals surface area contributed by atoms with Gasteiger partial charge in [0.15, 0.2) is 0 Å². The Labute approximate surface area is 119 Å². The van der Waals surface area contributed by atoms with Crippen LogP contribution in [-0.4, -0.2) is 54.3 Å². The number of anilines is 1. The Balaban J connectivity index is 2.18. The Morgan fingerprint density at radius 2 is 1.90 bits per heavy atom. The van der Waals surface area contributed by atoms with Crippen molar-refractivity contribution in [2.24, 2.45) is 0 Å². The Morgan fingerprint density at radius 1 is 1.25 bits per heavy atom. The summed E-state index contributed by atoms with van der Waals surface area (Å²) in [6.07, 6.45) is -3.25. The van der Waals surface area contributed by atoms with E-state index in [1.807, 2.05) is 4.90 Å². The number of aliphatic hydroxyl groups is 1. The number of hydrogen-bond donors (Lipinski definition) is 1. The lowest BCUT2D eigenvalue weighted by molar-refractivity contribution is -0.137. The molecule has 0 amide bonds. The number of β-amino-alcohol motifs (C(OH)–C–C–N with tert-alkyl or cyclic N) is 1. The highest BCUT2D eigenvalue weighted by molar-refractivity contribution is 6.30. The van der Waals surface area contributed by atoms with E-state index in [1.54, 1.807) is 4.90 Å². The molecule has 0 saturated carbocycles. The molecule has 0 radical (unpaired) electrons. The van der Waals surface area contributed by atoms with Crippen molar-refractivity contribution >= 4 is 17.4 Å². The van der Waals surface area contributed by atoms with Crippen LogP contribution in [0.5, 0.6) is 0 Å². The fraction of sp³-hybridized carbons (Fsp3) is 0.583. The third-order valence-electron chi connectivity index (χ3n) is 3.23. The molecular weight excluding hydrogens is 295 g/mol. The van der Waals surface area contributed by atoms with E-state index in [0.29, 0.717) is 32.7 Å². The zero-order chi connectivity index (χ0) is 14.8. The molecule has 0 bridgehead atoms. The predicted octanol–water partition coefficient (Wildman–Crippen LogP) is 1.87. The summed E-state index contributed by atoms with van der Waals surface area (Å²) in [5.74, 6) is -0.0782. The topological polar surface area (TPSA) is 39.6 Å². The molecule has 1 aromatic heterocycles. The van der Waals surface area contributed by atoms with Crippen LogP contribution in [0.1, 0.15) is 5.56 Å². The van der Waals surface area contributed by atoms with E-state index in [1.165, 1.54) is 6.20 Å². The van der Waals surface area contributed by atoms with E-state index in [9.17, 15) is 13.2 Å². The normalized spacial score (nSPS) is 17.6. The minimum absolute atomic E-state index is 0.0278. The van der Waals surface area contributed by atoms with Crippen LogP contribution in [-0.2, 0) is 6.18 Å². The van der Waals surface area contributed by atoms with Gasteiger partial charge in [0.1, 0.15) is 5.82 Å². The molecule has 20 heavy (non-hydrogen) atoms. The third kappa shape index (κ3) is 3.53. The number of halogens is 4. The van der Waals surface area contributed by atoms with Crippen LogP contribution in [0.4, 0.5) is 19.0 Å². The molecule has 0 atom stereocenters. The molecule has 2 heterocycles. The Kier molecular flexibility index (Phi) is 4.72. The number of piperazine rings is 1. The van der Waals surface area contributed by atoms with Crippen molar-refractivity contribution in [1.29, 1.82) is 0 Å². The monoisotopic (exact) mass is 309 g/mol. The largest absolute Gasteiger partial charge is 0.420 e. The van der Waals surface area contributed by atoms with E-state index in [-0.39, 0.29) is 17.4 Å². The molecule has 0 spiro atoms. The zero-order valence-electron chi connectivity index (χ0n) is 10.7. The number of hydrogen-bond acceptors (Lipinski definition) is 4. The molecule has 1 fully saturated rings. The van der Waals surface area contributed by atoms with E-state index >= 15 is 0 Å². The van der Waals surface area contributed by atoms with Crippen LogP contribution < -0.4 is 4.90 Å². The molecule has 1 aliphatic rings. The number of aliphatic hydroxyl groups excluding tert-OH is 1. The average Bonchev–Trinajstić information content (AvgIpc) is 2.39. The molecular formula is C12H15ClF3N3O.